The van der Waals surface area contributed by atoms with Crippen molar-refractivity contribution >= 4 is 34.8 Å². The lowest BCUT2D eigenvalue weighted by Crippen LogP contribution is -2.20. The van der Waals surface area contributed by atoms with E-state index in [-0.39, 0.29) is 6.04 Å². The molecule has 0 fully saturated rings. The lowest BCUT2D eigenvalue weighted by atomic mass is 10.1. The van der Waals surface area contributed by atoms with Gasteiger partial charge in [0.2, 0.25) is 0 Å². The van der Waals surface area contributed by atoms with Gasteiger partial charge in [-0.2, -0.15) is 5.10 Å². The van der Waals surface area contributed by atoms with Crippen molar-refractivity contribution in [3.05, 3.63) is 50.2 Å². The van der Waals surface area contributed by atoms with E-state index in [1.807, 2.05) is 33.0 Å². The molecule has 0 aliphatic carbocycles. The Bertz CT molecular complexity index is 622. The van der Waals surface area contributed by atoms with Gasteiger partial charge in [-0.15, -0.1) is 0 Å². The van der Waals surface area contributed by atoms with Gasteiger partial charge in [-0.25, -0.2) is 0 Å². The molecule has 0 saturated heterocycles. The van der Waals surface area contributed by atoms with Crippen molar-refractivity contribution < 1.29 is 0 Å². The summed E-state index contributed by atoms with van der Waals surface area (Å²) >= 11 is 18.3. The Balaban J connectivity index is 2.10. The molecule has 1 atom stereocenters. The molecule has 0 bridgehead atoms. The predicted octanol–water partition coefficient (Wildman–Crippen LogP) is 4.54. The number of benzene rings is 1. The van der Waals surface area contributed by atoms with E-state index in [4.69, 9.17) is 34.8 Å². The van der Waals surface area contributed by atoms with Crippen LogP contribution >= 0.6 is 34.8 Å². The molecular formula is C14H16Cl3N3. The number of nitrogens with one attached hydrogen (secondary N) is 1. The molecule has 0 aliphatic rings. The molecule has 1 aromatic heterocycles. The number of rotatable bonds is 4. The summed E-state index contributed by atoms with van der Waals surface area (Å²) in [4.78, 5) is 0. The number of aryl methyl sites for hydroxylation is 2. The summed E-state index contributed by atoms with van der Waals surface area (Å²) in [6, 6.07) is 5.60. The van der Waals surface area contributed by atoms with Crippen molar-refractivity contribution in [2.45, 2.75) is 26.4 Å². The zero-order valence-electron chi connectivity index (χ0n) is 11.5. The first-order chi connectivity index (χ1) is 9.40. The Morgan fingerprint density at radius 3 is 2.55 bits per heavy atom. The topological polar surface area (TPSA) is 29.9 Å². The second-order valence-electron chi connectivity index (χ2n) is 4.74. The first-order valence-corrected chi connectivity index (χ1v) is 7.40. The van der Waals surface area contributed by atoms with Gasteiger partial charge in [0.1, 0.15) is 0 Å². The Labute approximate surface area is 133 Å². The monoisotopic (exact) mass is 331 g/mol. The van der Waals surface area contributed by atoms with Gasteiger partial charge < -0.3 is 5.32 Å². The second kappa shape index (κ2) is 6.35. The highest BCUT2D eigenvalue weighted by Gasteiger charge is 2.14. The highest BCUT2D eigenvalue weighted by molar-refractivity contribution is 6.35. The molecule has 6 heteroatoms. The van der Waals surface area contributed by atoms with Crippen LogP contribution in [0.2, 0.25) is 15.1 Å². The Morgan fingerprint density at radius 2 is 2.00 bits per heavy atom. The van der Waals surface area contributed by atoms with Crippen molar-refractivity contribution in [3.63, 3.8) is 0 Å². The van der Waals surface area contributed by atoms with Crippen molar-refractivity contribution in [1.29, 1.82) is 0 Å². The number of hydrogen-bond acceptors (Lipinski definition) is 2. The lowest BCUT2D eigenvalue weighted by Gasteiger charge is -2.16. The van der Waals surface area contributed by atoms with Crippen molar-refractivity contribution in [2.75, 3.05) is 0 Å². The van der Waals surface area contributed by atoms with Gasteiger partial charge in [0.05, 0.1) is 16.4 Å². The van der Waals surface area contributed by atoms with Crippen LogP contribution in [0.5, 0.6) is 0 Å². The van der Waals surface area contributed by atoms with Crippen LogP contribution in [0.4, 0.5) is 0 Å². The van der Waals surface area contributed by atoms with Crippen LogP contribution in [-0.2, 0) is 13.6 Å². The fourth-order valence-electron chi connectivity index (χ4n) is 2.08. The Hall–Kier alpha value is -0.740. The normalized spacial score (nSPS) is 12.7. The first kappa shape index (κ1) is 15.6. The molecule has 1 heterocycles. The average molecular weight is 333 g/mol. The van der Waals surface area contributed by atoms with E-state index in [2.05, 4.69) is 10.4 Å². The van der Waals surface area contributed by atoms with Crippen molar-refractivity contribution in [1.82, 2.24) is 15.1 Å². The number of nitrogens with zero attached hydrogens (tertiary/aromatic N) is 2. The molecule has 0 radical (unpaired) electrons. The number of aromatic nitrogens is 2. The van der Waals surface area contributed by atoms with Crippen LogP contribution in [0.3, 0.4) is 0 Å². The van der Waals surface area contributed by atoms with Crippen LogP contribution in [0, 0.1) is 6.92 Å². The molecule has 0 amide bonds. The molecule has 0 saturated carbocycles. The largest absolute Gasteiger partial charge is 0.304 e. The van der Waals surface area contributed by atoms with E-state index in [0.717, 1.165) is 17.0 Å². The molecule has 1 aromatic carbocycles. The molecule has 20 heavy (non-hydrogen) atoms. The second-order valence-corrected chi connectivity index (χ2v) is 5.96. The van der Waals surface area contributed by atoms with Gasteiger partial charge in [0.25, 0.3) is 0 Å². The lowest BCUT2D eigenvalue weighted by molar-refractivity contribution is 0.548. The van der Waals surface area contributed by atoms with Crippen LogP contribution in [0.15, 0.2) is 18.2 Å². The molecule has 1 N–H and O–H groups in total. The molecule has 3 nitrogen and oxygen atoms in total. The van der Waals surface area contributed by atoms with E-state index in [0.29, 0.717) is 21.6 Å². The van der Waals surface area contributed by atoms with E-state index >= 15 is 0 Å². The maximum atomic E-state index is 6.23. The summed E-state index contributed by atoms with van der Waals surface area (Å²) in [6.07, 6.45) is 0. The molecule has 108 valence electrons. The van der Waals surface area contributed by atoms with E-state index in [1.54, 1.807) is 10.7 Å². The van der Waals surface area contributed by atoms with Gasteiger partial charge in [-0.3, -0.25) is 4.68 Å². The van der Waals surface area contributed by atoms with Crippen LogP contribution in [-0.4, -0.2) is 9.78 Å². The fourth-order valence-corrected chi connectivity index (χ4v) is 2.88. The molecule has 2 aromatic rings. The maximum absolute atomic E-state index is 6.23. The van der Waals surface area contributed by atoms with Crippen LogP contribution < -0.4 is 5.32 Å². The SMILES string of the molecule is Cc1nn(C)c(CNC(C)c2ccc(Cl)cc2Cl)c1Cl. The highest BCUT2D eigenvalue weighted by atomic mass is 35.5. The minimum Gasteiger partial charge on any atom is -0.304 e. The van der Waals surface area contributed by atoms with Crippen molar-refractivity contribution in [3.8, 4) is 0 Å². The highest BCUT2D eigenvalue weighted by Crippen LogP contribution is 2.27. The van der Waals surface area contributed by atoms with Gasteiger partial charge in [0, 0.05) is 29.7 Å². The minimum atomic E-state index is 0.0889. The molecular weight excluding hydrogens is 317 g/mol. The maximum Gasteiger partial charge on any atom is 0.0860 e. The summed E-state index contributed by atoms with van der Waals surface area (Å²) in [5.74, 6) is 0. The summed E-state index contributed by atoms with van der Waals surface area (Å²) in [5.41, 5.74) is 2.80. The fraction of sp³-hybridized carbons (Fsp3) is 0.357. The van der Waals surface area contributed by atoms with Gasteiger partial charge in [-0.05, 0) is 31.5 Å². The standard InChI is InChI=1S/C14H16Cl3N3/c1-8(11-5-4-10(15)6-12(11)16)18-7-13-14(17)9(2)19-20(13)3/h4-6,8,18H,7H2,1-3H3. The summed E-state index contributed by atoms with van der Waals surface area (Å²) in [6.45, 7) is 4.56. The zero-order valence-corrected chi connectivity index (χ0v) is 13.8. The smallest absolute Gasteiger partial charge is 0.0860 e. The van der Waals surface area contributed by atoms with E-state index in [1.165, 1.54) is 0 Å². The zero-order chi connectivity index (χ0) is 14.9. The molecule has 1 unspecified atom stereocenters. The third kappa shape index (κ3) is 3.29. The van der Waals surface area contributed by atoms with E-state index < -0.39 is 0 Å². The quantitative estimate of drug-likeness (QED) is 0.891. The predicted molar refractivity (Wildman–Crippen MR) is 84.7 cm³/mol. The molecule has 2 rings (SSSR count). The van der Waals surface area contributed by atoms with Crippen LogP contribution in [0.25, 0.3) is 0 Å². The van der Waals surface area contributed by atoms with Gasteiger partial charge in [-0.1, -0.05) is 40.9 Å². The molecule has 0 aliphatic heterocycles. The van der Waals surface area contributed by atoms with Crippen LogP contribution in [0.1, 0.15) is 29.9 Å². The average Bonchev–Trinajstić information content (AvgIpc) is 2.61. The van der Waals surface area contributed by atoms with Gasteiger partial charge in [0.15, 0.2) is 0 Å². The molecule has 0 spiro atoms. The minimum absolute atomic E-state index is 0.0889. The number of hydrogen-bond donors (Lipinski definition) is 1. The first-order valence-electron chi connectivity index (χ1n) is 6.26. The summed E-state index contributed by atoms with van der Waals surface area (Å²) in [5, 5.41) is 9.69. The summed E-state index contributed by atoms with van der Waals surface area (Å²) in [7, 11) is 1.88. The third-order valence-electron chi connectivity index (χ3n) is 3.27. The third-order valence-corrected chi connectivity index (χ3v) is 4.32. The van der Waals surface area contributed by atoms with E-state index in [9.17, 15) is 0 Å². The summed E-state index contributed by atoms with van der Waals surface area (Å²) < 4.78 is 1.79. The Kier molecular flexibility index (Phi) is 4.97. The van der Waals surface area contributed by atoms with Crippen molar-refractivity contribution in [2.24, 2.45) is 7.05 Å². The number of halogens is 3. The Morgan fingerprint density at radius 1 is 1.30 bits per heavy atom. The van der Waals surface area contributed by atoms with Gasteiger partial charge >= 0.3 is 0 Å².